The lowest BCUT2D eigenvalue weighted by atomic mass is 10.1. The van der Waals surface area contributed by atoms with Crippen molar-refractivity contribution in [1.29, 1.82) is 0 Å². The van der Waals surface area contributed by atoms with Crippen LogP contribution in [0.15, 0.2) is 0 Å². The Bertz CT molecular complexity index is 537. The molecule has 0 aromatic heterocycles. The zero-order chi connectivity index (χ0) is 27.5. The fraction of sp³-hybridized carbons (Fsp3) is 1.00. The number of hydroxylamine groups is 3. The predicted molar refractivity (Wildman–Crippen MR) is 152 cm³/mol. The highest BCUT2D eigenvalue weighted by atomic mass is 32.3. The highest BCUT2D eigenvalue weighted by Crippen LogP contribution is 2.13. The molecule has 0 radical (unpaired) electrons. The van der Waals surface area contributed by atoms with Crippen molar-refractivity contribution in [2.45, 2.75) is 162 Å². The molecule has 36 heavy (non-hydrogen) atoms. The molecule has 0 heterocycles. The van der Waals surface area contributed by atoms with Crippen molar-refractivity contribution in [2.24, 2.45) is 0 Å². The van der Waals surface area contributed by atoms with Crippen molar-refractivity contribution in [3.8, 4) is 0 Å². The topological polar surface area (TPSA) is 95.9 Å². The van der Waals surface area contributed by atoms with Gasteiger partial charge in [-0.15, -0.1) is 0 Å². The summed E-state index contributed by atoms with van der Waals surface area (Å²) < 4.78 is 32.6. The predicted octanol–water partition coefficient (Wildman–Crippen LogP) is 8.92. The number of hydrogen-bond donors (Lipinski definition) is 1. The number of nitrogens with zero attached hydrogens (tertiary/aromatic N) is 1. The highest BCUT2D eigenvalue weighted by molar-refractivity contribution is 7.80. The maximum Gasteiger partial charge on any atom is 0.424 e. The molecule has 0 aliphatic heterocycles. The van der Waals surface area contributed by atoms with Crippen LogP contribution in [0.2, 0.25) is 0 Å². The van der Waals surface area contributed by atoms with Gasteiger partial charge >= 0.3 is 10.4 Å². The number of quaternary nitrogens is 1. The lowest BCUT2D eigenvalue weighted by Gasteiger charge is -2.33. The van der Waals surface area contributed by atoms with Gasteiger partial charge in [0.05, 0.1) is 26.7 Å². The Morgan fingerprint density at radius 1 is 0.667 bits per heavy atom. The van der Waals surface area contributed by atoms with Crippen LogP contribution in [0.4, 0.5) is 0 Å². The second-order valence-corrected chi connectivity index (χ2v) is 11.8. The van der Waals surface area contributed by atoms with Gasteiger partial charge in [0, 0.05) is 0 Å². The quantitative estimate of drug-likeness (QED) is 0.0409. The maximum absolute atomic E-state index is 11.3. The molecule has 1 unspecified atom stereocenters. The summed E-state index contributed by atoms with van der Waals surface area (Å²) in [6, 6.07) is 0. The van der Waals surface area contributed by atoms with Crippen LogP contribution < -0.4 is 0 Å². The van der Waals surface area contributed by atoms with Gasteiger partial charge in [0.25, 0.3) is 0 Å². The minimum atomic E-state index is -4.49. The van der Waals surface area contributed by atoms with E-state index in [2.05, 4.69) is 23.1 Å². The second-order valence-electron chi connectivity index (χ2n) is 10.9. The van der Waals surface area contributed by atoms with E-state index in [1.165, 1.54) is 109 Å². The molecule has 0 saturated heterocycles. The molecule has 0 aromatic rings. The molecule has 8 heteroatoms. The van der Waals surface area contributed by atoms with E-state index in [0.29, 0.717) is 0 Å². The Morgan fingerprint density at radius 3 is 1.33 bits per heavy atom. The summed E-state index contributed by atoms with van der Waals surface area (Å²) >= 11 is 0. The summed E-state index contributed by atoms with van der Waals surface area (Å²) in [5, 5.41) is 11.3. The Morgan fingerprint density at radius 2 is 1.00 bits per heavy atom. The van der Waals surface area contributed by atoms with Crippen LogP contribution in [-0.2, 0) is 19.6 Å². The van der Waals surface area contributed by atoms with Gasteiger partial charge in [-0.25, -0.2) is 4.89 Å². The Balaban J connectivity index is 0. The normalized spacial score (nSPS) is 12.9. The molecule has 1 atom stereocenters. The molecule has 0 aliphatic carbocycles. The minimum Gasteiger partial charge on any atom is -0.633 e. The lowest BCUT2D eigenvalue weighted by molar-refractivity contribution is -0.840. The summed E-state index contributed by atoms with van der Waals surface area (Å²) in [6.07, 6.45) is 26.3. The van der Waals surface area contributed by atoms with E-state index < -0.39 is 10.4 Å². The minimum absolute atomic E-state index is 0.128. The zero-order valence-corrected chi connectivity index (χ0v) is 25.3. The Labute approximate surface area is 224 Å². The number of rotatable bonds is 25. The fourth-order valence-corrected chi connectivity index (χ4v) is 4.30. The second kappa shape index (κ2) is 26.4. The zero-order valence-electron chi connectivity index (χ0n) is 24.5. The molecule has 0 fully saturated rings. The first kappa shape index (κ1) is 37.9. The molecule has 7 nitrogen and oxygen atoms in total. The van der Waals surface area contributed by atoms with Crippen molar-refractivity contribution in [1.82, 2.24) is 0 Å². The third kappa shape index (κ3) is 38.3. The Hall–Kier alpha value is -0.250. The van der Waals surface area contributed by atoms with Crippen LogP contribution in [0.3, 0.4) is 0 Å². The largest absolute Gasteiger partial charge is 0.633 e. The van der Waals surface area contributed by atoms with Gasteiger partial charge in [-0.2, -0.15) is 8.42 Å². The smallest absolute Gasteiger partial charge is 0.424 e. The van der Waals surface area contributed by atoms with Gasteiger partial charge < -0.3 is 9.85 Å². The average molecular weight is 540 g/mol. The van der Waals surface area contributed by atoms with Crippen molar-refractivity contribution < 1.29 is 26.8 Å². The van der Waals surface area contributed by atoms with E-state index in [9.17, 15) is 13.6 Å². The summed E-state index contributed by atoms with van der Waals surface area (Å²) in [5.41, 5.74) is 0. The van der Waals surface area contributed by atoms with Crippen molar-refractivity contribution >= 4 is 10.4 Å². The average Bonchev–Trinajstić information content (AvgIpc) is 2.79. The van der Waals surface area contributed by atoms with E-state index in [4.69, 9.17) is 4.55 Å². The van der Waals surface area contributed by atoms with Crippen LogP contribution >= 0.6 is 0 Å². The third-order valence-corrected chi connectivity index (χ3v) is 6.55. The number of unbranched alkanes of at least 4 members (excludes halogenated alkanes) is 18. The molecular weight excluding hydrogens is 478 g/mol. The third-order valence-electron chi connectivity index (χ3n) is 6.30. The molecule has 0 bridgehead atoms. The van der Waals surface area contributed by atoms with Crippen molar-refractivity contribution in [2.75, 3.05) is 20.6 Å². The summed E-state index contributed by atoms with van der Waals surface area (Å²) in [6.45, 7) is 6.98. The van der Waals surface area contributed by atoms with Gasteiger partial charge in [0.1, 0.15) is 0 Å². The summed E-state index contributed by atoms with van der Waals surface area (Å²) in [7, 11) is -1.03. The first-order valence-corrected chi connectivity index (χ1v) is 16.2. The van der Waals surface area contributed by atoms with Crippen LogP contribution in [0, 0.1) is 5.21 Å². The molecule has 1 N–H and O–H groups in total. The maximum atomic E-state index is 11.3. The molecule has 0 spiro atoms. The fourth-order valence-electron chi connectivity index (χ4n) is 4.06. The van der Waals surface area contributed by atoms with Crippen molar-refractivity contribution in [3.05, 3.63) is 5.21 Å². The van der Waals surface area contributed by atoms with Crippen LogP contribution in [0.25, 0.3) is 0 Å². The first-order chi connectivity index (χ1) is 17.0. The molecule has 0 saturated carbocycles. The van der Waals surface area contributed by atoms with Gasteiger partial charge in [-0.1, -0.05) is 134 Å². The molecular formula is C28H61NO6S. The first-order valence-electron chi connectivity index (χ1n) is 14.9. The van der Waals surface area contributed by atoms with Crippen LogP contribution in [0.1, 0.15) is 156 Å². The number of hydrogen-bond acceptors (Lipinski definition) is 5. The van der Waals surface area contributed by atoms with E-state index in [-0.39, 0.29) is 10.8 Å². The van der Waals surface area contributed by atoms with E-state index in [0.717, 1.165) is 32.2 Å². The van der Waals surface area contributed by atoms with Gasteiger partial charge in [0.15, 0.2) is 0 Å². The van der Waals surface area contributed by atoms with E-state index in [1.54, 1.807) is 21.0 Å². The lowest BCUT2D eigenvalue weighted by Crippen LogP contribution is -2.32. The summed E-state index contributed by atoms with van der Waals surface area (Å²) in [4.78, 5) is 4.55. The van der Waals surface area contributed by atoms with E-state index >= 15 is 0 Å². The standard InChI is InChI=1S/C14H31NO.C14H30O5S/c1-4-5-6-7-8-9-10-11-12-13-14-15(2,3)16;1-3-4-5-6-7-8-9-10-11-12-13-14(2)18-19-20(15,16)17/h4-14H2,1-3H3;14H,3-13H2,1-2H3,(H,15,16,17). The van der Waals surface area contributed by atoms with Gasteiger partial charge in [-0.3, -0.25) is 4.55 Å². The molecule has 220 valence electrons. The molecule has 0 aromatic carbocycles. The van der Waals surface area contributed by atoms with Crippen LogP contribution in [0.5, 0.6) is 0 Å². The molecule has 0 amide bonds. The highest BCUT2D eigenvalue weighted by Gasteiger charge is 2.10. The van der Waals surface area contributed by atoms with Gasteiger partial charge in [0.2, 0.25) is 0 Å². The van der Waals surface area contributed by atoms with Gasteiger partial charge in [-0.05, 0) is 26.2 Å². The van der Waals surface area contributed by atoms with E-state index in [1.807, 2.05) is 0 Å². The summed E-state index contributed by atoms with van der Waals surface area (Å²) in [5.74, 6) is 0. The molecule has 0 aliphatic rings. The van der Waals surface area contributed by atoms with Crippen molar-refractivity contribution in [3.63, 3.8) is 0 Å². The SMILES string of the molecule is CCCCCCCCCCCCC(C)OOS(=O)(=O)O.CCCCCCCCCCCC[N+](C)(C)[O-]. The molecule has 0 rings (SSSR count). The monoisotopic (exact) mass is 539 g/mol. The van der Waals surface area contributed by atoms with Crippen LogP contribution in [-0.4, -0.2) is 44.4 Å². The Kier molecular flexibility index (Phi) is 27.8.